The lowest BCUT2D eigenvalue weighted by Crippen LogP contribution is -2.46. The van der Waals surface area contributed by atoms with E-state index in [1.54, 1.807) is 23.6 Å². The molecule has 0 atom stereocenters. The second-order valence-corrected chi connectivity index (χ2v) is 8.00. The first-order chi connectivity index (χ1) is 13.0. The summed E-state index contributed by atoms with van der Waals surface area (Å²) in [6.45, 7) is -0.515. The Balaban J connectivity index is 1.49. The molecular weight excluding hydrogens is 394 g/mol. The SMILES string of the molecule is O=C(CNS(=O)(=O)c1cccs1)NNC(=O)c1ccc(-n2cnnn2)cc1. The lowest BCUT2D eigenvalue weighted by atomic mass is 10.2. The Bertz CT molecular complexity index is 1020. The first-order valence-corrected chi connectivity index (χ1v) is 9.78. The average molecular weight is 407 g/mol. The standard InChI is InChI=1S/C14H13N7O4S2/c22-12(8-16-27(24,25)13-2-1-7-26-13)17-18-14(23)10-3-5-11(6-4-10)21-9-15-19-20-21/h1-7,9,16H,8H2,(H,17,22)(H,18,23). The molecule has 140 valence electrons. The molecule has 2 aromatic heterocycles. The van der Waals surface area contributed by atoms with E-state index in [-0.39, 0.29) is 9.77 Å². The molecule has 0 aliphatic carbocycles. The summed E-state index contributed by atoms with van der Waals surface area (Å²) in [5, 5.41) is 12.4. The van der Waals surface area contributed by atoms with Gasteiger partial charge in [0.1, 0.15) is 10.5 Å². The van der Waals surface area contributed by atoms with Crippen molar-refractivity contribution in [2.24, 2.45) is 0 Å². The molecule has 2 heterocycles. The second-order valence-electron chi connectivity index (χ2n) is 5.06. The molecule has 11 nitrogen and oxygen atoms in total. The highest BCUT2D eigenvalue weighted by atomic mass is 32.2. The van der Waals surface area contributed by atoms with Crippen LogP contribution in [0.5, 0.6) is 0 Å². The lowest BCUT2D eigenvalue weighted by molar-refractivity contribution is -0.120. The summed E-state index contributed by atoms with van der Waals surface area (Å²) in [6.07, 6.45) is 1.41. The van der Waals surface area contributed by atoms with Gasteiger partial charge in [-0.3, -0.25) is 20.4 Å². The van der Waals surface area contributed by atoms with Crippen molar-refractivity contribution in [2.75, 3.05) is 6.54 Å². The van der Waals surface area contributed by atoms with Gasteiger partial charge in [-0.25, -0.2) is 17.8 Å². The minimum absolute atomic E-state index is 0.0991. The highest BCUT2D eigenvalue weighted by Gasteiger charge is 2.16. The molecule has 0 spiro atoms. The van der Waals surface area contributed by atoms with E-state index in [1.165, 1.54) is 29.2 Å². The molecule has 0 saturated heterocycles. The highest BCUT2D eigenvalue weighted by molar-refractivity contribution is 7.91. The van der Waals surface area contributed by atoms with E-state index in [0.29, 0.717) is 5.69 Å². The molecule has 27 heavy (non-hydrogen) atoms. The van der Waals surface area contributed by atoms with E-state index in [4.69, 9.17) is 0 Å². The fourth-order valence-electron chi connectivity index (χ4n) is 1.94. The highest BCUT2D eigenvalue weighted by Crippen LogP contribution is 2.14. The van der Waals surface area contributed by atoms with E-state index in [9.17, 15) is 18.0 Å². The molecule has 13 heteroatoms. The van der Waals surface area contributed by atoms with Crippen LogP contribution >= 0.6 is 11.3 Å². The second kappa shape index (κ2) is 8.03. The molecule has 0 radical (unpaired) electrons. The number of hydrogen-bond acceptors (Lipinski definition) is 8. The zero-order valence-electron chi connectivity index (χ0n) is 13.6. The van der Waals surface area contributed by atoms with Crippen molar-refractivity contribution in [1.82, 2.24) is 35.8 Å². The molecule has 3 aromatic rings. The molecule has 2 amide bonds. The number of benzene rings is 1. The third-order valence-electron chi connectivity index (χ3n) is 3.24. The average Bonchev–Trinajstić information content (AvgIpc) is 3.39. The van der Waals surface area contributed by atoms with Gasteiger partial charge in [0.25, 0.3) is 21.8 Å². The van der Waals surface area contributed by atoms with Crippen molar-refractivity contribution in [1.29, 1.82) is 0 Å². The van der Waals surface area contributed by atoms with Gasteiger partial charge in [0.15, 0.2) is 0 Å². The van der Waals surface area contributed by atoms with Crippen LogP contribution in [0.1, 0.15) is 10.4 Å². The number of aromatic nitrogens is 4. The maximum atomic E-state index is 12.0. The van der Waals surface area contributed by atoms with Gasteiger partial charge in [0.05, 0.1) is 12.2 Å². The number of sulfonamides is 1. The van der Waals surface area contributed by atoms with Gasteiger partial charge in [0.2, 0.25) is 0 Å². The predicted molar refractivity (Wildman–Crippen MR) is 94.3 cm³/mol. The van der Waals surface area contributed by atoms with E-state index in [0.717, 1.165) is 11.3 Å². The van der Waals surface area contributed by atoms with Crippen LogP contribution in [0.15, 0.2) is 52.3 Å². The molecule has 0 saturated carbocycles. The first kappa shape index (κ1) is 18.6. The van der Waals surface area contributed by atoms with Crippen molar-refractivity contribution in [3.63, 3.8) is 0 Å². The van der Waals surface area contributed by atoms with E-state index in [1.807, 2.05) is 0 Å². The number of hydrazine groups is 1. The van der Waals surface area contributed by atoms with Crippen LogP contribution in [0.25, 0.3) is 5.69 Å². The smallest absolute Gasteiger partial charge is 0.269 e. The largest absolute Gasteiger partial charge is 0.272 e. The van der Waals surface area contributed by atoms with Gasteiger partial charge >= 0.3 is 0 Å². The van der Waals surface area contributed by atoms with Crippen LogP contribution in [-0.4, -0.2) is 47.0 Å². The normalized spacial score (nSPS) is 11.1. The number of amides is 2. The van der Waals surface area contributed by atoms with Gasteiger partial charge in [-0.1, -0.05) is 6.07 Å². The predicted octanol–water partition coefficient (Wildman–Crippen LogP) is -0.537. The fraction of sp³-hybridized carbons (Fsp3) is 0.0714. The number of carbonyl (C=O) groups is 2. The van der Waals surface area contributed by atoms with Crippen molar-refractivity contribution >= 4 is 33.2 Å². The number of nitrogens with zero attached hydrogens (tertiary/aromatic N) is 4. The zero-order valence-corrected chi connectivity index (χ0v) is 15.2. The molecule has 0 unspecified atom stereocenters. The zero-order chi connectivity index (χ0) is 19.3. The summed E-state index contributed by atoms with van der Waals surface area (Å²) < 4.78 is 27.5. The Kier molecular flexibility index (Phi) is 5.54. The van der Waals surface area contributed by atoms with Crippen molar-refractivity contribution in [2.45, 2.75) is 4.21 Å². The summed E-state index contributed by atoms with van der Waals surface area (Å²) in [7, 11) is -3.75. The van der Waals surface area contributed by atoms with Gasteiger partial charge in [-0.2, -0.15) is 0 Å². The van der Waals surface area contributed by atoms with Crippen LogP contribution in [0.4, 0.5) is 0 Å². The van der Waals surface area contributed by atoms with Crippen LogP contribution in [0, 0.1) is 0 Å². The van der Waals surface area contributed by atoms with Crippen molar-refractivity contribution < 1.29 is 18.0 Å². The Hall–Kier alpha value is -3.16. The van der Waals surface area contributed by atoms with Crippen LogP contribution in [0.2, 0.25) is 0 Å². The summed E-state index contributed by atoms with van der Waals surface area (Å²) in [5.41, 5.74) is 5.29. The molecule has 0 aliphatic heterocycles. The minimum Gasteiger partial charge on any atom is -0.272 e. The van der Waals surface area contributed by atoms with Gasteiger partial charge in [0, 0.05) is 5.56 Å². The van der Waals surface area contributed by atoms with Crippen LogP contribution < -0.4 is 15.6 Å². The number of carbonyl (C=O) groups excluding carboxylic acids is 2. The fourth-order valence-corrected chi connectivity index (χ4v) is 3.96. The topological polar surface area (TPSA) is 148 Å². The Morgan fingerprint density at radius 1 is 1.11 bits per heavy atom. The summed E-state index contributed by atoms with van der Waals surface area (Å²) in [4.78, 5) is 23.8. The van der Waals surface area contributed by atoms with E-state index < -0.39 is 28.4 Å². The van der Waals surface area contributed by atoms with Gasteiger partial charge in [-0.05, 0) is 46.1 Å². The third-order valence-corrected chi connectivity index (χ3v) is 6.04. The Morgan fingerprint density at radius 3 is 2.52 bits per heavy atom. The molecule has 1 aromatic carbocycles. The van der Waals surface area contributed by atoms with Crippen molar-refractivity contribution in [3.8, 4) is 5.69 Å². The summed E-state index contributed by atoms with van der Waals surface area (Å²) in [6, 6.07) is 9.32. The summed E-state index contributed by atoms with van der Waals surface area (Å²) >= 11 is 1.03. The molecule has 0 fully saturated rings. The quantitative estimate of drug-likeness (QED) is 0.465. The van der Waals surface area contributed by atoms with E-state index >= 15 is 0 Å². The maximum absolute atomic E-state index is 12.0. The number of tetrazole rings is 1. The van der Waals surface area contributed by atoms with Crippen LogP contribution in [0.3, 0.4) is 0 Å². The Labute approximate surface area is 157 Å². The van der Waals surface area contributed by atoms with Gasteiger partial charge in [-0.15, -0.1) is 16.4 Å². The molecule has 0 bridgehead atoms. The molecule has 3 N–H and O–H groups in total. The molecular formula is C14H13N7O4S2. The minimum atomic E-state index is -3.75. The van der Waals surface area contributed by atoms with Crippen LogP contribution in [-0.2, 0) is 14.8 Å². The number of thiophene rings is 1. The number of nitrogens with one attached hydrogen (secondary N) is 3. The molecule has 0 aliphatic rings. The first-order valence-electron chi connectivity index (χ1n) is 7.41. The Morgan fingerprint density at radius 2 is 1.89 bits per heavy atom. The van der Waals surface area contributed by atoms with Gasteiger partial charge < -0.3 is 0 Å². The maximum Gasteiger partial charge on any atom is 0.269 e. The summed E-state index contributed by atoms with van der Waals surface area (Å²) in [5.74, 6) is -1.28. The van der Waals surface area contributed by atoms with Crippen molar-refractivity contribution in [3.05, 3.63) is 53.7 Å². The number of rotatable bonds is 6. The molecule has 3 rings (SSSR count). The number of hydrogen-bond donors (Lipinski definition) is 3. The van der Waals surface area contributed by atoms with E-state index in [2.05, 4.69) is 31.1 Å². The third kappa shape index (κ3) is 4.72. The lowest BCUT2D eigenvalue weighted by Gasteiger charge is -2.08. The monoisotopic (exact) mass is 407 g/mol.